The summed E-state index contributed by atoms with van der Waals surface area (Å²) in [5, 5.41) is 20.8. The topological polar surface area (TPSA) is 123 Å². The fraction of sp³-hybridized carbons (Fsp3) is 0.366. The van der Waals surface area contributed by atoms with Gasteiger partial charge in [-0.15, -0.1) is 0 Å². The van der Waals surface area contributed by atoms with E-state index in [0.717, 1.165) is 102 Å². The lowest BCUT2D eigenvalue weighted by molar-refractivity contribution is -0.0272. The lowest BCUT2D eigenvalue weighted by Gasteiger charge is -2.31. The number of nitrogens with zero attached hydrogens (tertiary/aromatic N) is 4. The first kappa shape index (κ1) is 34.7. The molecule has 0 aliphatic carbocycles. The number of rotatable bonds is 8. The van der Waals surface area contributed by atoms with E-state index < -0.39 is 12.2 Å². The van der Waals surface area contributed by atoms with Crippen molar-refractivity contribution in [3.05, 3.63) is 119 Å². The maximum atomic E-state index is 10.5. The van der Waals surface area contributed by atoms with Gasteiger partial charge in [0, 0.05) is 37.3 Å². The lowest BCUT2D eigenvalue weighted by Crippen LogP contribution is -2.35. The van der Waals surface area contributed by atoms with E-state index in [-0.39, 0.29) is 23.7 Å². The third-order valence-corrected chi connectivity index (χ3v) is 9.99. The summed E-state index contributed by atoms with van der Waals surface area (Å²) >= 11 is 0. The molecule has 51 heavy (non-hydrogen) atoms. The van der Waals surface area contributed by atoms with Gasteiger partial charge in [0.05, 0.1) is 34.3 Å². The smallest absolute Gasteiger partial charge is 0.144 e. The van der Waals surface area contributed by atoms with Gasteiger partial charge in [-0.1, -0.05) is 54.1 Å². The lowest BCUT2D eigenvalue weighted by atomic mass is 10.0. The number of benzene rings is 4. The number of imidazole rings is 2. The average molecular weight is 689 g/mol. The summed E-state index contributed by atoms with van der Waals surface area (Å²) < 4.78 is 12.9. The minimum Gasteiger partial charge on any atom is -0.508 e. The van der Waals surface area contributed by atoms with Crippen molar-refractivity contribution in [1.29, 1.82) is 0 Å². The predicted molar refractivity (Wildman–Crippen MR) is 200 cm³/mol. The zero-order valence-corrected chi connectivity index (χ0v) is 29.6. The molecule has 2 fully saturated rings. The Balaban J connectivity index is 0.000000159. The van der Waals surface area contributed by atoms with Gasteiger partial charge in [0.15, 0.2) is 0 Å². The molecule has 2 atom stereocenters. The molecule has 0 saturated carbocycles. The first-order valence-corrected chi connectivity index (χ1v) is 18.0. The van der Waals surface area contributed by atoms with Gasteiger partial charge in [0.2, 0.25) is 0 Å². The van der Waals surface area contributed by atoms with Crippen molar-refractivity contribution in [3.63, 3.8) is 0 Å². The Hall–Kier alpha value is -4.74. The summed E-state index contributed by atoms with van der Waals surface area (Å²) in [6.07, 6.45) is 3.46. The van der Waals surface area contributed by atoms with E-state index in [1.807, 2.05) is 85.8 Å². The van der Waals surface area contributed by atoms with Crippen LogP contribution in [0.15, 0.2) is 91.0 Å². The Morgan fingerprint density at radius 1 is 0.608 bits per heavy atom. The van der Waals surface area contributed by atoms with Crippen LogP contribution in [0.1, 0.15) is 66.2 Å². The van der Waals surface area contributed by atoms with Gasteiger partial charge >= 0.3 is 0 Å². The molecule has 0 amide bonds. The Kier molecular flexibility index (Phi) is 10.6. The monoisotopic (exact) mass is 688 g/mol. The van der Waals surface area contributed by atoms with Gasteiger partial charge in [-0.05, 0) is 89.2 Å². The Morgan fingerprint density at radius 3 is 1.57 bits per heavy atom. The minimum atomic E-state index is -0.407. The number of H-pyrrole nitrogens is 2. The molecule has 6 aromatic rings. The van der Waals surface area contributed by atoms with Crippen LogP contribution in [0.2, 0.25) is 0 Å². The summed E-state index contributed by atoms with van der Waals surface area (Å²) in [5.41, 5.74) is 6.38. The zero-order chi connectivity index (χ0) is 35.3. The second-order valence-corrected chi connectivity index (χ2v) is 13.9. The van der Waals surface area contributed by atoms with Crippen LogP contribution in [-0.2, 0) is 9.47 Å². The van der Waals surface area contributed by atoms with Crippen molar-refractivity contribution >= 4 is 22.1 Å². The van der Waals surface area contributed by atoms with Gasteiger partial charge in [-0.25, -0.2) is 9.97 Å². The maximum Gasteiger partial charge on any atom is 0.144 e. The van der Waals surface area contributed by atoms with Crippen molar-refractivity contribution in [2.45, 2.75) is 57.0 Å². The van der Waals surface area contributed by atoms with E-state index in [2.05, 4.69) is 33.9 Å². The molecule has 4 aromatic carbocycles. The number of hydrogen-bond donors (Lipinski definition) is 4. The van der Waals surface area contributed by atoms with Gasteiger partial charge in [-0.2, -0.15) is 0 Å². The van der Waals surface area contributed by atoms with Crippen molar-refractivity contribution < 1.29 is 19.7 Å². The normalized spacial score (nSPS) is 17.7. The molecule has 266 valence electrons. The first-order chi connectivity index (χ1) is 24.8. The fourth-order valence-electron chi connectivity index (χ4n) is 6.98. The van der Waals surface area contributed by atoms with E-state index in [1.165, 1.54) is 0 Å². The number of fused-ring (bicyclic) bond motifs is 2. The van der Waals surface area contributed by atoms with Crippen LogP contribution in [-0.4, -0.2) is 92.4 Å². The largest absolute Gasteiger partial charge is 0.508 e. The number of aromatic amines is 2. The summed E-state index contributed by atoms with van der Waals surface area (Å²) in [6, 6.07) is 28.9. The fourth-order valence-corrected chi connectivity index (χ4v) is 6.98. The zero-order valence-electron chi connectivity index (χ0n) is 29.6. The standard InChI is InChI=1S/C21H25N3O2.C20H23N3O2/c1-14-7-8-19(25)16(13-14)20(26-15-9-11-24(2)12-10-15)21-22-17-5-3-4-6-18(17)23-21;1-23-12-10-14(11-13-23)25-19(15-6-2-5-9-18(15)24)20-21-16-7-3-4-8-17(16)22-20/h3-8,13,15,20,25H,9-12H2,1-2H3,(H,22,23);2-9,14,19,24H,10-13H2,1H3,(H,21,22). The van der Waals surface area contributed by atoms with Crippen LogP contribution < -0.4 is 0 Å². The van der Waals surface area contributed by atoms with Crippen LogP contribution in [0, 0.1) is 6.92 Å². The summed E-state index contributed by atoms with van der Waals surface area (Å²) in [5.74, 6) is 1.96. The van der Waals surface area contributed by atoms with Crippen LogP contribution >= 0.6 is 0 Å². The number of phenolic OH excluding ortho intramolecular Hbond substituents is 2. The van der Waals surface area contributed by atoms with Gasteiger partial charge in [-0.3, -0.25) is 0 Å². The van der Waals surface area contributed by atoms with Crippen LogP contribution in [0.3, 0.4) is 0 Å². The van der Waals surface area contributed by atoms with Crippen molar-refractivity contribution in [2.75, 3.05) is 40.3 Å². The Labute approximate surface area is 299 Å². The molecule has 2 aliphatic heterocycles. The number of nitrogens with one attached hydrogen (secondary N) is 2. The number of aromatic nitrogens is 4. The highest BCUT2D eigenvalue weighted by atomic mass is 16.5. The number of ether oxygens (including phenoxy) is 2. The predicted octanol–water partition coefficient (Wildman–Crippen LogP) is 7.25. The molecule has 2 unspecified atom stereocenters. The summed E-state index contributed by atoms with van der Waals surface area (Å²) in [4.78, 5) is 20.8. The average Bonchev–Trinajstić information content (AvgIpc) is 3.78. The van der Waals surface area contributed by atoms with Crippen LogP contribution in [0.5, 0.6) is 11.5 Å². The summed E-state index contributed by atoms with van der Waals surface area (Å²) in [6.45, 7) is 6.12. The molecule has 10 nitrogen and oxygen atoms in total. The molecule has 2 aliphatic rings. The molecule has 2 saturated heterocycles. The van der Waals surface area contributed by atoms with E-state index >= 15 is 0 Å². The molecular weight excluding hydrogens is 640 g/mol. The molecule has 4 heterocycles. The third kappa shape index (κ3) is 8.26. The molecule has 10 heteroatoms. The van der Waals surface area contributed by atoms with Crippen LogP contribution in [0.25, 0.3) is 22.1 Å². The molecule has 8 rings (SSSR count). The quantitative estimate of drug-likeness (QED) is 0.132. The third-order valence-electron chi connectivity index (χ3n) is 9.99. The van der Waals surface area contributed by atoms with Crippen molar-refractivity contribution in [1.82, 2.24) is 29.7 Å². The number of piperidine rings is 2. The molecule has 0 radical (unpaired) electrons. The van der Waals surface area contributed by atoms with Gasteiger partial charge in [0.25, 0.3) is 0 Å². The molecular formula is C41H48N6O4. The first-order valence-electron chi connectivity index (χ1n) is 18.0. The van der Waals surface area contributed by atoms with E-state index in [0.29, 0.717) is 0 Å². The Bertz CT molecular complexity index is 1980. The SMILES string of the molecule is CN1CCC(OC(c2nc3ccccc3[nH]2)c2ccccc2O)CC1.Cc1ccc(O)c(C(OC2CCN(C)CC2)c2nc3ccccc3[nH]2)c1. The molecule has 0 bridgehead atoms. The number of para-hydroxylation sites is 5. The number of aryl methyl sites for hydroxylation is 1. The number of likely N-dealkylation sites (tertiary alicyclic amines) is 2. The van der Waals surface area contributed by atoms with Gasteiger partial charge < -0.3 is 39.5 Å². The molecule has 2 aromatic heterocycles. The molecule has 4 N–H and O–H groups in total. The van der Waals surface area contributed by atoms with Gasteiger partial charge in [0.1, 0.15) is 35.4 Å². The Morgan fingerprint density at radius 2 is 1.06 bits per heavy atom. The summed E-state index contributed by atoms with van der Waals surface area (Å²) in [7, 11) is 4.27. The second kappa shape index (κ2) is 15.7. The van der Waals surface area contributed by atoms with Crippen LogP contribution in [0.4, 0.5) is 0 Å². The number of aromatic hydroxyl groups is 2. The maximum absolute atomic E-state index is 10.5. The highest BCUT2D eigenvalue weighted by Crippen LogP contribution is 2.36. The minimum absolute atomic E-state index is 0.157. The van der Waals surface area contributed by atoms with Crippen molar-refractivity contribution in [3.8, 4) is 11.5 Å². The van der Waals surface area contributed by atoms with E-state index in [4.69, 9.17) is 19.4 Å². The van der Waals surface area contributed by atoms with Crippen molar-refractivity contribution in [2.24, 2.45) is 0 Å². The molecule has 0 spiro atoms. The second-order valence-electron chi connectivity index (χ2n) is 13.9. The number of hydrogen-bond acceptors (Lipinski definition) is 8. The highest BCUT2D eigenvalue weighted by Gasteiger charge is 2.29. The van der Waals surface area contributed by atoms with E-state index in [1.54, 1.807) is 12.1 Å². The van der Waals surface area contributed by atoms with E-state index in [9.17, 15) is 10.2 Å². The number of phenols is 2. The highest BCUT2D eigenvalue weighted by molar-refractivity contribution is 5.75.